The van der Waals surface area contributed by atoms with Crippen LogP contribution in [0.15, 0.2) is 6.20 Å². The zero-order valence-corrected chi connectivity index (χ0v) is 11.0. The molecule has 6 heteroatoms. The third-order valence-electron chi connectivity index (χ3n) is 3.45. The second-order valence-corrected chi connectivity index (χ2v) is 7.06. The lowest BCUT2D eigenvalue weighted by Crippen LogP contribution is -2.34. The smallest absolute Gasteiger partial charge is 0.152 e. The standard InChI is InChI=1S/C11H18N2O3S/c1-3-10-9(7-14)6-12-13(10)11(2)4-5-17(15,16)8-11/h6,14H,3-5,7-8H2,1-2H3. The maximum atomic E-state index is 11.6. The van der Waals surface area contributed by atoms with E-state index in [1.165, 1.54) is 0 Å². The molecule has 0 spiro atoms. The van der Waals surface area contributed by atoms with Crippen molar-refractivity contribution in [2.75, 3.05) is 11.5 Å². The Balaban J connectivity index is 2.44. The number of sulfone groups is 1. The van der Waals surface area contributed by atoms with Crippen LogP contribution in [0.1, 0.15) is 31.5 Å². The van der Waals surface area contributed by atoms with Crippen LogP contribution < -0.4 is 0 Å². The van der Waals surface area contributed by atoms with Crippen LogP contribution in [0.25, 0.3) is 0 Å². The summed E-state index contributed by atoms with van der Waals surface area (Å²) < 4.78 is 25.0. The Hall–Kier alpha value is -0.880. The number of aromatic nitrogens is 2. The number of hydrogen-bond acceptors (Lipinski definition) is 4. The molecule has 0 bridgehead atoms. The highest BCUT2D eigenvalue weighted by Gasteiger charge is 2.41. The van der Waals surface area contributed by atoms with Gasteiger partial charge in [0.2, 0.25) is 0 Å². The van der Waals surface area contributed by atoms with Crippen LogP contribution in [0.5, 0.6) is 0 Å². The molecule has 17 heavy (non-hydrogen) atoms. The van der Waals surface area contributed by atoms with Crippen molar-refractivity contribution in [2.45, 2.75) is 38.8 Å². The fourth-order valence-electron chi connectivity index (χ4n) is 2.54. The maximum Gasteiger partial charge on any atom is 0.152 e. The van der Waals surface area contributed by atoms with Crippen LogP contribution in [-0.4, -0.2) is 34.8 Å². The van der Waals surface area contributed by atoms with Crippen LogP contribution in [0.4, 0.5) is 0 Å². The molecule has 5 nitrogen and oxygen atoms in total. The minimum absolute atomic E-state index is 0.0496. The molecule has 96 valence electrons. The van der Waals surface area contributed by atoms with Gasteiger partial charge in [0.1, 0.15) is 0 Å². The van der Waals surface area contributed by atoms with Crippen LogP contribution in [0.3, 0.4) is 0 Å². The predicted octanol–water partition coefficient (Wildman–Crippen LogP) is 0.472. The van der Waals surface area contributed by atoms with Crippen molar-refractivity contribution in [3.05, 3.63) is 17.5 Å². The Labute approximate surface area is 101 Å². The lowest BCUT2D eigenvalue weighted by atomic mass is 10.0. The van der Waals surface area contributed by atoms with E-state index in [4.69, 9.17) is 0 Å². The molecule has 0 amide bonds. The summed E-state index contributed by atoms with van der Waals surface area (Å²) >= 11 is 0. The summed E-state index contributed by atoms with van der Waals surface area (Å²) in [5.74, 6) is 0.362. The summed E-state index contributed by atoms with van der Waals surface area (Å²) in [7, 11) is -2.95. The minimum Gasteiger partial charge on any atom is -0.392 e. The topological polar surface area (TPSA) is 72.2 Å². The van der Waals surface area contributed by atoms with Crippen molar-refractivity contribution in [2.24, 2.45) is 0 Å². The summed E-state index contributed by atoms with van der Waals surface area (Å²) in [4.78, 5) is 0. The van der Waals surface area contributed by atoms with Gasteiger partial charge in [-0.15, -0.1) is 0 Å². The lowest BCUT2D eigenvalue weighted by Gasteiger charge is -2.25. The molecular formula is C11H18N2O3S. The summed E-state index contributed by atoms with van der Waals surface area (Å²) in [6, 6.07) is 0. The van der Waals surface area contributed by atoms with E-state index < -0.39 is 15.4 Å². The molecule has 1 N–H and O–H groups in total. The Kier molecular flexibility index (Phi) is 3.03. The first-order valence-electron chi connectivity index (χ1n) is 5.79. The van der Waals surface area contributed by atoms with Crippen LogP contribution in [-0.2, 0) is 28.4 Å². The van der Waals surface area contributed by atoms with Crippen molar-refractivity contribution in [1.82, 2.24) is 9.78 Å². The van der Waals surface area contributed by atoms with E-state index in [2.05, 4.69) is 5.10 Å². The van der Waals surface area contributed by atoms with Crippen molar-refractivity contribution >= 4 is 9.84 Å². The zero-order chi connectivity index (χ0) is 12.7. The zero-order valence-electron chi connectivity index (χ0n) is 10.2. The molecule has 1 unspecified atom stereocenters. The van der Waals surface area contributed by atoms with E-state index in [9.17, 15) is 13.5 Å². The molecule has 1 aliphatic rings. The van der Waals surface area contributed by atoms with Gasteiger partial charge in [0.25, 0.3) is 0 Å². The summed E-state index contributed by atoms with van der Waals surface area (Å²) in [5.41, 5.74) is 1.27. The van der Waals surface area contributed by atoms with Crippen molar-refractivity contribution < 1.29 is 13.5 Å². The van der Waals surface area contributed by atoms with E-state index in [-0.39, 0.29) is 18.1 Å². The number of nitrogens with zero attached hydrogens (tertiary/aromatic N) is 2. The average molecular weight is 258 g/mol. The largest absolute Gasteiger partial charge is 0.392 e. The van der Waals surface area contributed by atoms with Crippen molar-refractivity contribution in [1.29, 1.82) is 0 Å². The molecule has 0 aromatic carbocycles. The number of hydrogen-bond donors (Lipinski definition) is 1. The van der Waals surface area contributed by atoms with Gasteiger partial charge >= 0.3 is 0 Å². The first-order valence-corrected chi connectivity index (χ1v) is 7.61. The highest BCUT2D eigenvalue weighted by Crippen LogP contribution is 2.32. The molecule has 1 aromatic rings. The molecule has 0 radical (unpaired) electrons. The highest BCUT2D eigenvalue weighted by molar-refractivity contribution is 7.91. The molecule has 0 saturated carbocycles. The molecule has 1 saturated heterocycles. The van der Waals surface area contributed by atoms with E-state index >= 15 is 0 Å². The third-order valence-corrected chi connectivity index (χ3v) is 5.34. The first kappa shape index (κ1) is 12.6. The van der Waals surface area contributed by atoms with Gasteiger partial charge in [-0.2, -0.15) is 5.10 Å². The monoisotopic (exact) mass is 258 g/mol. The molecule has 1 fully saturated rings. The Morgan fingerprint density at radius 3 is 2.76 bits per heavy atom. The second-order valence-electron chi connectivity index (χ2n) is 4.88. The van der Waals surface area contributed by atoms with Crippen LogP contribution in [0.2, 0.25) is 0 Å². The molecule has 1 aliphatic heterocycles. The summed E-state index contributed by atoms with van der Waals surface area (Å²) in [6.45, 7) is 3.86. The summed E-state index contributed by atoms with van der Waals surface area (Å²) in [6.07, 6.45) is 2.97. The number of rotatable bonds is 3. The summed E-state index contributed by atoms with van der Waals surface area (Å²) in [5, 5.41) is 13.5. The van der Waals surface area contributed by atoms with Gasteiger partial charge in [-0.3, -0.25) is 4.68 Å². The normalized spacial score (nSPS) is 27.5. The molecule has 2 heterocycles. The molecule has 0 aliphatic carbocycles. The van der Waals surface area contributed by atoms with Crippen LogP contribution in [0, 0.1) is 0 Å². The number of aliphatic hydroxyl groups is 1. The Bertz CT molecular complexity index is 521. The van der Waals surface area contributed by atoms with Gasteiger partial charge in [-0.1, -0.05) is 6.92 Å². The molecule has 1 atom stereocenters. The fourth-order valence-corrected chi connectivity index (χ4v) is 4.65. The SMILES string of the molecule is CCc1c(CO)cnn1C1(C)CCS(=O)(=O)C1. The average Bonchev–Trinajstić information content (AvgIpc) is 2.79. The maximum absolute atomic E-state index is 11.6. The Morgan fingerprint density at radius 1 is 1.59 bits per heavy atom. The predicted molar refractivity (Wildman–Crippen MR) is 64.4 cm³/mol. The van der Waals surface area contributed by atoms with E-state index in [1.54, 1.807) is 10.9 Å². The third kappa shape index (κ3) is 2.11. The molecular weight excluding hydrogens is 240 g/mol. The number of aliphatic hydroxyl groups excluding tert-OH is 1. The first-order chi connectivity index (χ1) is 7.92. The Morgan fingerprint density at radius 2 is 2.29 bits per heavy atom. The van der Waals surface area contributed by atoms with Gasteiger partial charge in [-0.25, -0.2) is 8.42 Å². The second kappa shape index (κ2) is 4.10. The molecule has 2 rings (SSSR count). The van der Waals surface area contributed by atoms with E-state index in [0.29, 0.717) is 6.42 Å². The molecule has 1 aromatic heterocycles. The van der Waals surface area contributed by atoms with Gasteiger partial charge < -0.3 is 5.11 Å². The van der Waals surface area contributed by atoms with Gasteiger partial charge in [-0.05, 0) is 19.8 Å². The fraction of sp³-hybridized carbons (Fsp3) is 0.727. The van der Waals surface area contributed by atoms with Crippen molar-refractivity contribution in [3.8, 4) is 0 Å². The van der Waals surface area contributed by atoms with E-state index in [0.717, 1.165) is 17.7 Å². The quantitative estimate of drug-likeness (QED) is 0.855. The van der Waals surface area contributed by atoms with Gasteiger partial charge in [0.05, 0.1) is 29.8 Å². The highest BCUT2D eigenvalue weighted by atomic mass is 32.2. The van der Waals surface area contributed by atoms with Crippen LogP contribution >= 0.6 is 0 Å². The van der Waals surface area contributed by atoms with Gasteiger partial charge in [0, 0.05) is 11.3 Å². The van der Waals surface area contributed by atoms with E-state index in [1.807, 2.05) is 13.8 Å². The minimum atomic E-state index is -2.95. The van der Waals surface area contributed by atoms with Gasteiger partial charge in [0.15, 0.2) is 9.84 Å². The lowest BCUT2D eigenvalue weighted by molar-refractivity contribution is 0.277. The van der Waals surface area contributed by atoms with Crippen molar-refractivity contribution in [3.63, 3.8) is 0 Å².